The molecule has 2 aromatic carbocycles. The molecule has 0 saturated heterocycles. The zero-order valence-corrected chi connectivity index (χ0v) is 15.8. The first-order chi connectivity index (χ1) is 12.8. The van der Waals surface area contributed by atoms with Crippen molar-refractivity contribution in [3.8, 4) is 11.5 Å². The first-order valence-corrected chi connectivity index (χ1v) is 9.37. The van der Waals surface area contributed by atoms with Crippen molar-refractivity contribution in [1.29, 1.82) is 0 Å². The first kappa shape index (κ1) is 20.2. The molecule has 0 fully saturated rings. The van der Waals surface area contributed by atoms with Gasteiger partial charge in [-0.2, -0.15) is 13.5 Å². The van der Waals surface area contributed by atoms with Crippen LogP contribution >= 0.6 is 0 Å². The fourth-order valence-corrected chi connectivity index (χ4v) is 3.03. The van der Waals surface area contributed by atoms with Crippen molar-refractivity contribution in [3.05, 3.63) is 57.6 Å². The molecule has 1 N–H and O–H groups in total. The second-order valence-electron chi connectivity index (χ2n) is 5.40. The van der Waals surface area contributed by atoms with Crippen LogP contribution in [0.25, 0.3) is 0 Å². The molecule has 144 valence electrons. The summed E-state index contributed by atoms with van der Waals surface area (Å²) in [6.45, 7) is 3.85. The molecule has 10 heteroatoms. The van der Waals surface area contributed by atoms with Gasteiger partial charge in [0.1, 0.15) is 0 Å². The van der Waals surface area contributed by atoms with E-state index in [1.807, 2.05) is 11.8 Å². The van der Waals surface area contributed by atoms with E-state index in [4.69, 9.17) is 9.47 Å². The van der Waals surface area contributed by atoms with E-state index in [-0.39, 0.29) is 10.6 Å². The Kier molecular flexibility index (Phi) is 6.35. The van der Waals surface area contributed by atoms with Crippen molar-refractivity contribution >= 4 is 21.9 Å². The number of nitrogens with one attached hydrogen (secondary N) is 1. The summed E-state index contributed by atoms with van der Waals surface area (Å²) in [7, 11) is -2.55. The number of sulfonamides is 1. The van der Waals surface area contributed by atoms with Gasteiger partial charge in [0.2, 0.25) is 0 Å². The van der Waals surface area contributed by atoms with Gasteiger partial charge in [-0.15, -0.1) is 0 Å². The van der Waals surface area contributed by atoms with Crippen LogP contribution in [0.4, 0.5) is 5.69 Å². The number of nitrogens with zero attached hydrogens (tertiary/aromatic N) is 2. The van der Waals surface area contributed by atoms with Gasteiger partial charge < -0.3 is 9.47 Å². The average molecular weight is 393 g/mol. The summed E-state index contributed by atoms with van der Waals surface area (Å²) in [6, 6.07) is 8.64. The predicted octanol–water partition coefficient (Wildman–Crippen LogP) is 2.62. The first-order valence-electron chi connectivity index (χ1n) is 7.89. The molecule has 0 heterocycles. The number of methoxy groups -OCH3 is 1. The number of nitro benzene ring substituents is 1. The molecule has 0 aromatic heterocycles. The van der Waals surface area contributed by atoms with Crippen molar-refractivity contribution in [2.24, 2.45) is 5.10 Å². The van der Waals surface area contributed by atoms with Gasteiger partial charge in [-0.05, 0) is 43.7 Å². The van der Waals surface area contributed by atoms with Gasteiger partial charge in [-0.1, -0.05) is 6.07 Å². The van der Waals surface area contributed by atoms with Crippen molar-refractivity contribution < 1.29 is 22.8 Å². The van der Waals surface area contributed by atoms with E-state index in [0.717, 1.165) is 6.07 Å². The van der Waals surface area contributed by atoms with Crippen LogP contribution in [-0.2, 0) is 10.0 Å². The maximum absolute atomic E-state index is 12.3. The highest BCUT2D eigenvalue weighted by atomic mass is 32.2. The van der Waals surface area contributed by atoms with Gasteiger partial charge in [0.05, 0.1) is 29.8 Å². The van der Waals surface area contributed by atoms with E-state index in [2.05, 4.69) is 5.10 Å². The van der Waals surface area contributed by atoms with Crippen molar-refractivity contribution in [1.82, 2.24) is 4.83 Å². The number of hydrogen-bond donors (Lipinski definition) is 1. The monoisotopic (exact) mass is 393 g/mol. The van der Waals surface area contributed by atoms with Gasteiger partial charge in [0.15, 0.2) is 11.5 Å². The molecule has 2 rings (SSSR count). The van der Waals surface area contributed by atoms with Gasteiger partial charge in [0, 0.05) is 11.6 Å². The van der Waals surface area contributed by atoms with E-state index in [9.17, 15) is 18.5 Å². The van der Waals surface area contributed by atoms with Gasteiger partial charge >= 0.3 is 0 Å². The molecule has 0 saturated carbocycles. The van der Waals surface area contributed by atoms with Crippen LogP contribution in [0.3, 0.4) is 0 Å². The summed E-state index contributed by atoms with van der Waals surface area (Å²) < 4.78 is 35.2. The molecule has 9 nitrogen and oxygen atoms in total. The highest BCUT2D eigenvalue weighted by Gasteiger charge is 2.19. The number of benzene rings is 2. The zero-order chi connectivity index (χ0) is 20.0. The number of hydrogen-bond acceptors (Lipinski definition) is 7. The third-order valence-electron chi connectivity index (χ3n) is 3.56. The minimum atomic E-state index is -4.04. The highest BCUT2D eigenvalue weighted by molar-refractivity contribution is 7.89. The van der Waals surface area contributed by atoms with E-state index in [1.54, 1.807) is 18.2 Å². The molecule has 0 atom stereocenters. The fraction of sp³-hybridized carbons (Fsp3) is 0.235. The highest BCUT2D eigenvalue weighted by Crippen LogP contribution is 2.27. The van der Waals surface area contributed by atoms with E-state index in [0.29, 0.717) is 29.2 Å². The third kappa shape index (κ3) is 4.94. The molecule has 0 radical (unpaired) electrons. The van der Waals surface area contributed by atoms with Gasteiger partial charge in [-0.25, -0.2) is 4.83 Å². The standard InChI is InChI=1S/C17H19N3O6S/c1-4-26-16-8-6-13(9-17(16)25-3)11-18-19-27(23,24)14-7-5-12(2)15(10-14)20(21)22/h5-11,19H,4H2,1-3H3/b18-11-. The van der Waals surface area contributed by atoms with Crippen molar-refractivity contribution in [3.63, 3.8) is 0 Å². The van der Waals surface area contributed by atoms with Crippen LogP contribution in [0, 0.1) is 17.0 Å². The second-order valence-corrected chi connectivity index (χ2v) is 7.06. The summed E-state index contributed by atoms with van der Waals surface area (Å²) in [6.07, 6.45) is 1.29. The third-order valence-corrected chi connectivity index (χ3v) is 4.78. The summed E-state index contributed by atoms with van der Waals surface area (Å²) in [4.78, 5) is 12.1. The average Bonchev–Trinajstić information content (AvgIpc) is 2.62. The Balaban J connectivity index is 2.20. The lowest BCUT2D eigenvalue weighted by atomic mass is 10.2. The molecular formula is C17H19N3O6S. The number of aryl methyl sites for hydroxylation is 1. The Labute approximate surface area is 156 Å². The molecule has 0 aliphatic heterocycles. The minimum Gasteiger partial charge on any atom is -0.493 e. The van der Waals surface area contributed by atoms with Crippen LogP contribution < -0.4 is 14.3 Å². The fourth-order valence-electron chi connectivity index (χ4n) is 2.22. The lowest BCUT2D eigenvalue weighted by Crippen LogP contribution is -2.18. The Bertz CT molecular complexity index is 973. The Hall–Kier alpha value is -3.14. The van der Waals surface area contributed by atoms with E-state index in [1.165, 1.54) is 32.4 Å². The summed E-state index contributed by atoms with van der Waals surface area (Å²) in [5, 5.41) is 14.7. The van der Waals surface area contributed by atoms with Crippen molar-refractivity contribution in [2.75, 3.05) is 13.7 Å². The largest absolute Gasteiger partial charge is 0.493 e. The normalized spacial score (nSPS) is 11.4. The van der Waals surface area contributed by atoms with Crippen molar-refractivity contribution in [2.45, 2.75) is 18.7 Å². The number of ether oxygens (including phenoxy) is 2. The smallest absolute Gasteiger partial charge is 0.276 e. The van der Waals surface area contributed by atoms with E-state index >= 15 is 0 Å². The van der Waals surface area contributed by atoms with Crippen LogP contribution in [0.1, 0.15) is 18.1 Å². The molecule has 2 aromatic rings. The molecule has 0 spiro atoms. The molecule has 0 unspecified atom stereocenters. The lowest BCUT2D eigenvalue weighted by Gasteiger charge is -2.09. The summed E-state index contributed by atoms with van der Waals surface area (Å²) in [5.74, 6) is 1.04. The van der Waals surface area contributed by atoms with Crippen LogP contribution in [-0.4, -0.2) is 33.3 Å². The number of hydrazone groups is 1. The summed E-state index contributed by atoms with van der Waals surface area (Å²) in [5.41, 5.74) is 0.662. The Morgan fingerprint density at radius 3 is 2.59 bits per heavy atom. The second kappa shape index (κ2) is 8.49. The van der Waals surface area contributed by atoms with Crippen LogP contribution in [0.15, 0.2) is 46.4 Å². The molecule has 0 bridgehead atoms. The topological polar surface area (TPSA) is 120 Å². The van der Waals surface area contributed by atoms with Crippen LogP contribution in [0.2, 0.25) is 0 Å². The Morgan fingerprint density at radius 1 is 1.22 bits per heavy atom. The molecule has 27 heavy (non-hydrogen) atoms. The minimum absolute atomic E-state index is 0.249. The number of rotatable bonds is 8. The molecule has 0 aliphatic rings. The lowest BCUT2D eigenvalue weighted by molar-refractivity contribution is -0.385. The zero-order valence-electron chi connectivity index (χ0n) is 15.0. The van der Waals surface area contributed by atoms with Crippen LogP contribution in [0.5, 0.6) is 11.5 Å². The molecule has 0 amide bonds. The molecule has 0 aliphatic carbocycles. The maximum atomic E-state index is 12.3. The summed E-state index contributed by atoms with van der Waals surface area (Å²) >= 11 is 0. The predicted molar refractivity (Wildman–Crippen MR) is 99.9 cm³/mol. The van der Waals surface area contributed by atoms with E-state index < -0.39 is 14.9 Å². The number of nitro groups is 1. The Morgan fingerprint density at radius 2 is 1.96 bits per heavy atom. The maximum Gasteiger partial charge on any atom is 0.276 e. The molecular weight excluding hydrogens is 374 g/mol. The quantitative estimate of drug-likeness (QED) is 0.418. The van der Waals surface area contributed by atoms with Gasteiger partial charge in [-0.3, -0.25) is 10.1 Å². The SMILES string of the molecule is CCOc1ccc(/C=N\NS(=O)(=O)c2ccc(C)c([N+](=O)[O-])c2)cc1OC. The van der Waals surface area contributed by atoms with Gasteiger partial charge in [0.25, 0.3) is 15.7 Å².